The standard InChI is InChI=1S/C13H8N2O3S/c16-11-4-2-8(6-14-11)12-15-9-3-1-7(13(17)18)5-10(9)19-12/h1-6H,(H,14,16)(H,17,18). The van der Waals surface area contributed by atoms with Gasteiger partial charge < -0.3 is 10.1 Å². The number of hydrogen-bond donors (Lipinski definition) is 2. The number of aromatic nitrogens is 2. The molecule has 0 bridgehead atoms. The van der Waals surface area contributed by atoms with E-state index in [2.05, 4.69) is 9.97 Å². The van der Waals surface area contributed by atoms with Crippen molar-refractivity contribution in [3.63, 3.8) is 0 Å². The van der Waals surface area contributed by atoms with Gasteiger partial charge in [-0.25, -0.2) is 9.78 Å². The Morgan fingerprint density at radius 1 is 1.26 bits per heavy atom. The van der Waals surface area contributed by atoms with Crippen molar-refractivity contribution in [2.24, 2.45) is 0 Å². The van der Waals surface area contributed by atoms with Crippen LogP contribution in [0.5, 0.6) is 0 Å². The Balaban J connectivity index is 2.13. The maximum absolute atomic E-state index is 11.0. The van der Waals surface area contributed by atoms with Gasteiger partial charge >= 0.3 is 5.97 Å². The zero-order valence-electron chi connectivity index (χ0n) is 9.58. The van der Waals surface area contributed by atoms with Gasteiger partial charge in [0.25, 0.3) is 0 Å². The first-order chi connectivity index (χ1) is 9.13. The molecule has 0 fully saturated rings. The highest BCUT2D eigenvalue weighted by Gasteiger charge is 2.09. The molecule has 0 aliphatic heterocycles. The van der Waals surface area contributed by atoms with Crippen LogP contribution < -0.4 is 5.56 Å². The number of H-pyrrole nitrogens is 1. The molecule has 3 aromatic rings. The molecule has 3 rings (SSSR count). The van der Waals surface area contributed by atoms with Crippen molar-refractivity contribution in [2.45, 2.75) is 0 Å². The van der Waals surface area contributed by atoms with Crippen LogP contribution in [0.4, 0.5) is 0 Å². The van der Waals surface area contributed by atoms with E-state index in [-0.39, 0.29) is 11.1 Å². The molecule has 2 aromatic heterocycles. The number of benzene rings is 1. The lowest BCUT2D eigenvalue weighted by molar-refractivity contribution is 0.0697. The maximum atomic E-state index is 11.0. The number of nitrogens with zero attached hydrogens (tertiary/aromatic N) is 1. The molecule has 5 nitrogen and oxygen atoms in total. The molecule has 0 amide bonds. The highest BCUT2D eigenvalue weighted by Crippen LogP contribution is 2.29. The average molecular weight is 272 g/mol. The Labute approximate surface area is 111 Å². The molecule has 0 saturated carbocycles. The van der Waals surface area contributed by atoms with Gasteiger partial charge in [-0.05, 0) is 24.3 Å². The molecule has 0 aliphatic carbocycles. The van der Waals surface area contributed by atoms with E-state index in [9.17, 15) is 9.59 Å². The topological polar surface area (TPSA) is 83.0 Å². The van der Waals surface area contributed by atoms with Crippen molar-refractivity contribution in [3.8, 4) is 10.6 Å². The van der Waals surface area contributed by atoms with Crippen molar-refractivity contribution >= 4 is 27.5 Å². The van der Waals surface area contributed by atoms with Gasteiger partial charge in [0.1, 0.15) is 5.01 Å². The summed E-state index contributed by atoms with van der Waals surface area (Å²) >= 11 is 1.39. The lowest BCUT2D eigenvalue weighted by atomic mass is 10.2. The van der Waals surface area contributed by atoms with Crippen LogP contribution in [0.15, 0.2) is 41.3 Å². The third-order valence-corrected chi connectivity index (χ3v) is 3.73. The number of rotatable bonds is 2. The summed E-state index contributed by atoms with van der Waals surface area (Å²) in [5, 5.41) is 9.69. The molecular formula is C13H8N2O3S. The van der Waals surface area contributed by atoms with E-state index in [0.717, 1.165) is 20.8 Å². The molecule has 94 valence electrons. The van der Waals surface area contributed by atoms with E-state index in [1.807, 2.05) is 0 Å². The fraction of sp³-hybridized carbons (Fsp3) is 0. The minimum atomic E-state index is -0.958. The van der Waals surface area contributed by atoms with Gasteiger partial charge in [0.2, 0.25) is 5.56 Å². The lowest BCUT2D eigenvalue weighted by Crippen LogP contribution is -2.01. The Morgan fingerprint density at radius 2 is 2.11 bits per heavy atom. The lowest BCUT2D eigenvalue weighted by Gasteiger charge is -1.92. The van der Waals surface area contributed by atoms with Crippen molar-refractivity contribution < 1.29 is 9.90 Å². The van der Waals surface area contributed by atoms with Gasteiger partial charge in [-0.3, -0.25) is 4.79 Å². The Bertz CT molecular complexity index is 815. The normalized spacial score (nSPS) is 10.7. The summed E-state index contributed by atoms with van der Waals surface area (Å²) in [7, 11) is 0. The monoisotopic (exact) mass is 272 g/mol. The number of thiazole rings is 1. The number of nitrogens with one attached hydrogen (secondary N) is 1. The number of carboxylic acid groups (broad SMARTS) is 1. The number of pyridine rings is 1. The van der Waals surface area contributed by atoms with Crippen molar-refractivity contribution in [1.29, 1.82) is 0 Å². The van der Waals surface area contributed by atoms with E-state index < -0.39 is 5.97 Å². The minimum absolute atomic E-state index is 0.168. The molecule has 0 saturated heterocycles. The molecule has 0 radical (unpaired) electrons. The molecule has 0 aliphatic rings. The van der Waals surface area contributed by atoms with Gasteiger partial charge in [0.15, 0.2) is 0 Å². The predicted octanol–water partition coefficient (Wildman–Crippen LogP) is 2.35. The SMILES string of the molecule is O=C(O)c1ccc2nc(-c3ccc(=O)[nH]c3)sc2c1. The number of carboxylic acids is 1. The first-order valence-electron chi connectivity index (χ1n) is 5.46. The van der Waals surface area contributed by atoms with Crippen LogP contribution in [0.3, 0.4) is 0 Å². The zero-order chi connectivity index (χ0) is 13.4. The minimum Gasteiger partial charge on any atom is -0.478 e. The molecule has 1 aromatic carbocycles. The van der Waals surface area contributed by atoms with Crippen LogP contribution in [-0.2, 0) is 0 Å². The van der Waals surface area contributed by atoms with Gasteiger partial charge in [-0.1, -0.05) is 0 Å². The van der Waals surface area contributed by atoms with Crippen LogP contribution >= 0.6 is 11.3 Å². The predicted molar refractivity (Wildman–Crippen MR) is 72.6 cm³/mol. The second-order valence-corrected chi connectivity index (χ2v) is 4.98. The number of hydrogen-bond acceptors (Lipinski definition) is 4. The van der Waals surface area contributed by atoms with Crippen molar-refractivity contribution in [3.05, 3.63) is 52.4 Å². The molecule has 0 spiro atoms. The quantitative estimate of drug-likeness (QED) is 0.750. The Morgan fingerprint density at radius 3 is 2.79 bits per heavy atom. The Hall–Kier alpha value is -2.47. The summed E-state index contributed by atoms with van der Waals surface area (Å²) in [6.07, 6.45) is 1.60. The fourth-order valence-electron chi connectivity index (χ4n) is 1.72. The number of aromatic carboxylic acids is 1. The van der Waals surface area contributed by atoms with E-state index in [0.29, 0.717) is 0 Å². The molecule has 19 heavy (non-hydrogen) atoms. The largest absolute Gasteiger partial charge is 0.478 e. The molecule has 2 N–H and O–H groups in total. The third kappa shape index (κ3) is 2.13. The zero-order valence-corrected chi connectivity index (χ0v) is 10.4. The molecular weight excluding hydrogens is 264 g/mol. The van der Waals surface area contributed by atoms with E-state index in [1.165, 1.54) is 23.5 Å². The highest BCUT2D eigenvalue weighted by molar-refractivity contribution is 7.21. The van der Waals surface area contributed by atoms with Crippen LogP contribution in [0, 0.1) is 0 Å². The molecule has 2 heterocycles. The molecule has 0 atom stereocenters. The summed E-state index contributed by atoms with van der Waals surface area (Å²) in [4.78, 5) is 28.9. The first kappa shape index (κ1) is 11.6. The van der Waals surface area contributed by atoms with Crippen molar-refractivity contribution in [1.82, 2.24) is 9.97 Å². The third-order valence-electron chi connectivity index (χ3n) is 2.67. The van der Waals surface area contributed by atoms with Gasteiger partial charge in [0.05, 0.1) is 15.8 Å². The summed E-state index contributed by atoms with van der Waals surface area (Å²) in [6, 6.07) is 7.94. The summed E-state index contributed by atoms with van der Waals surface area (Å²) in [5.41, 5.74) is 1.62. The van der Waals surface area contributed by atoms with Crippen LogP contribution in [0.2, 0.25) is 0 Å². The van der Waals surface area contributed by atoms with E-state index in [4.69, 9.17) is 5.11 Å². The van der Waals surface area contributed by atoms with E-state index in [1.54, 1.807) is 24.4 Å². The van der Waals surface area contributed by atoms with Gasteiger partial charge in [-0.2, -0.15) is 0 Å². The summed E-state index contributed by atoms with van der Waals surface area (Å²) in [5.74, 6) is -0.958. The fourth-order valence-corrected chi connectivity index (χ4v) is 2.73. The second kappa shape index (κ2) is 4.33. The highest BCUT2D eigenvalue weighted by atomic mass is 32.1. The van der Waals surface area contributed by atoms with E-state index >= 15 is 0 Å². The maximum Gasteiger partial charge on any atom is 0.335 e. The number of carbonyl (C=O) groups is 1. The van der Waals surface area contributed by atoms with Gasteiger partial charge in [0, 0.05) is 17.8 Å². The van der Waals surface area contributed by atoms with Crippen molar-refractivity contribution in [2.75, 3.05) is 0 Å². The summed E-state index contributed by atoms with van der Waals surface area (Å²) < 4.78 is 0.807. The van der Waals surface area contributed by atoms with Gasteiger partial charge in [-0.15, -0.1) is 11.3 Å². The second-order valence-electron chi connectivity index (χ2n) is 3.95. The first-order valence-corrected chi connectivity index (χ1v) is 6.28. The summed E-state index contributed by atoms with van der Waals surface area (Å²) in [6.45, 7) is 0. The number of fused-ring (bicyclic) bond motifs is 1. The van der Waals surface area contributed by atoms with Crippen LogP contribution in [-0.4, -0.2) is 21.0 Å². The molecule has 0 unspecified atom stereocenters. The Kier molecular flexibility index (Phi) is 2.64. The average Bonchev–Trinajstić information content (AvgIpc) is 2.82. The smallest absolute Gasteiger partial charge is 0.335 e. The van der Waals surface area contributed by atoms with Crippen LogP contribution in [0.1, 0.15) is 10.4 Å². The molecule has 6 heteroatoms. The number of aromatic amines is 1. The van der Waals surface area contributed by atoms with Crippen LogP contribution in [0.25, 0.3) is 20.8 Å².